The number of thioether (sulfide) groups is 1. The normalized spacial score (nSPS) is 21.0. The second-order valence-corrected chi connectivity index (χ2v) is 10.0. The van der Waals surface area contributed by atoms with Gasteiger partial charge in [-0.2, -0.15) is 0 Å². The van der Waals surface area contributed by atoms with Crippen molar-refractivity contribution in [2.24, 2.45) is 5.92 Å². The molecule has 0 amide bonds. The van der Waals surface area contributed by atoms with E-state index in [2.05, 4.69) is 5.32 Å². The number of carbonyl (C=O) groups excluding carboxylic acids is 3. The molecule has 0 spiro atoms. The minimum Gasteiger partial charge on any atom is -0.497 e. The first-order valence-electron chi connectivity index (χ1n) is 12.7. The number of carbonyl (C=O) groups is 3. The molecule has 8 heteroatoms. The number of ketones is 1. The summed E-state index contributed by atoms with van der Waals surface area (Å²) in [5.41, 5.74) is 3.76. The van der Waals surface area contributed by atoms with Gasteiger partial charge in [0.15, 0.2) is 5.78 Å². The maximum Gasteiger partial charge on any atom is 0.336 e. The monoisotopic (exact) mass is 535 g/mol. The number of hydrogen-bond donors (Lipinski definition) is 1. The molecule has 3 unspecified atom stereocenters. The van der Waals surface area contributed by atoms with Gasteiger partial charge in [0.25, 0.3) is 0 Å². The number of rotatable bonds is 8. The van der Waals surface area contributed by atoms with Crippen LogP contribution in [0.5, 0.6) is 5.75 Å². The van der Waals surface area contributed by atoms with E-state index in [0.29, 0.717) is 34.7 Å². The molecule has 0 fully saturated rings. The van der Waals surface area contributed by atoms with Crippen LogP contribution in [0.15, 0.2) is 76.0 Å². The van der Waals surface area contributed by atoms with Gasteiger partial charge < -0.3 is 19.5 Å². The van der Waals surface area contributed by atoms with Crippen LogP contribution in [0.2, 0.25) is 0 Å². The predicted octanol–water partition coefficient (Wildman–Crippen LogP) is 5.13. The molecule has 2 aromatic rings. The number of nitrogens with one attached hydrogen (secondary N) is 1. The molecule has 1 heterocycles. The molecule has 1 aliphatic heterocycles. The van der Waals surface area contributed by atoms with E-state index in [4.69, 9.17) is 14.2 Å². The van der Waals surface area contributed by atoms with Gasteiger partial charge in [-0.3, -0.25) is 9.59 Å². The van der Waals surface area contributed by atoms with Crippen molar-refractivity contribution < 1.29 is 28.6 Å². The molecule has 38 heavy (non-hydrogen) atoms. The van der Waals surface area contributed by atoms with Crippen LogP contribution in [0.3, 0.4) is 0 Å². The third-order valence-electron chi connectivity index (χ3n) is 7.05. The summed E-state index contributed by atoms with van der Waals surface area (Å²) < 4.78 is 16.1. The SMILES string of the molecule is CCOC(=O)C1=C(C)NC2=C(C(=O)C(C(=O)OCC)C(c3ccc(OC)cc3)C2)C1c1ccc(SC)cc1. The Morgan fingerprint density at radius 3 is 2.18 bits per heavy atom. The lowest BCUT2D eigenvalue weighted by atomic mass is 9.67. The largest absolute Gasteiger partial charge is 0.497 e. The van der Waals surface area contributed by atoms with E-state index in [0.717, 1.165) is 16.0 Å². The molecule has 0 saturated heterocycles. The number of ether oxygens (including phenoxy) is 3. The fourth-order valence-corrected chi connectivity index (χ4v) is 5.72. The first-order chi connectivity index (χ1) is 18.3. The number of hydrogen-bond acceptors (Lipinski definition) is 8. The van der Waals surface area contributed by atoms with Crippen molar-refractivity contribution in [2.75, 3.05) is 26.6 Å². The van der Waals surface area contributed by atoms with Crippen LogP contribution in [-0.4, -0.2) is 44.3 Å². The molecule has 4 rings (SSSR count). The maximum absolute atomic E-state index is 14.3. The third kappa shape index (κ3) is 5.23. The van der Waals surface area contributed by atoms with Gasteiger partial charge in [0.05, 0.1) is 25.9 Å². The second-order valence-electron chi connectivity index (χ2n) is 9.16. The smallest absolute Gasteiger partial charge is 0.336 e. The highest BCUT2D eigenvalue weighted by Crippen LogP contribution is 2.48. The lowest BCUT2D eigenvalue weighted by Gasteiger charge is -2.39. The van der Waals surface area contributed by atoms with E-state index in [1.807, 2.05) is 61.7 Å². The maximum atomic E-state index is 14.3. The molecular weight excluding hydrogens is 502 g/mol. The quantitative estimate of drug-likeness (QED) is 0.283. The van der Waals surface area contributed by atoms with Gasteiger partial charge in [0.2, 0.25) is 0 Å². The van der Waals surface area contributed by atoms with Crippen LogP contribution in [0.4, 0.5) is 0 Å². The summed E-state index contributed by atoms with van der Waals surface area (Å²) in [5.74, 6) is -2.85. The molecule has 2 aliphatic rings. The topological polar surface area (TPSA) is 90.9 Å². The van der Waals surface area contributed by atoms with E-state index in [1.165, 1.54) is 0 Å². The van der Waals surface area contributed by atoms with E-state index in [1.54, 1.807) is 32.7 Å². The second kappa shape index (κ2) is 11.9. The Morgan fingerprint density at radius 1 is 0.974 bits per heavy atom. The molecule has 0 aromatic heterocycles. The molecule has 7 nitrogen and oxygen atoms in total. The van der Waals surface area contributed by atoms with Crippen molar-refractivity contribution in [3.8, 4) is 5.75 Å². The van der Waals surface area contributed by atoms with Crippen molar-refractivity contribution in [1.29, 1.82) is 0 Å². The standard InChI is InChI=1S/C30H33NO6S/c1-6-36-29(33)24-17(3)31-23-16-22(18-8-12-20(35-4)13-9-18)26(30(34)37-7-2)28(32)27(23)25(24)19-10-14-21(38-5)15-11-19/h8-15,22,25-26,31H,6-7,16H2,1-5H3. The number of dihydropyridines is 1. The van der Waals surface area contributed by atoms with Crippen LogP contribution in [-0.2, 0) is 23.9 Å². The van der Waals surface area contributed by atoms with Gasteiger partial charge >= 0.3 is 11.9 Å². The Kier molecular flexibility index (Phi) is 8.62. The average molecular weight is 536 g/mol. The number of allylic oxidation sites excluding steroid dienone is 3. The first-order valence-corrected chi connectivity index (χ1v) is 13.9. The highest BCUT2D eigenvalue weighted by atomic mass is 32.2. The summed E-state index contributed by atoms with van der Waals surface area (Å²) in [6, 6.07) is 15.2. The third-order valence-corrected chi connectivity index (χ3v) is 7.79. The van der Waals surface area contributed by atoms with Crippen molar-refractivity contribution in [2.45, 2.75) is 43.9 Å². The van der Waals surface area contributed by atoms with Gasteiger partial charge in [-0.25, -0.2) is 4.79 Å². The van der Waals surface area contributed by atoms with Crippen LogP contribution in [0, 0.1) is 5.92 Å². The van der Waals surface area contributed by atoms with Crippen LogP contribution >= 0.6 is 11.8 Å². The Hall–Kier alpha value is -3.52. The Balaban J connectivity index is 1.87. The Morgan fingerprint density at radius 2 is 1.61 bits per heavy atom. The lowest BCUT2D eigenvalue weighted by Crippen LogP contribution is -2.43. The van der Waals surface area contributed by atoms with Crippen molar-refractivity contribution in [3.05, 3.63) is 82.2 Å². The molecule has 3 atom stereocenters. The molecule has 2 aromatic carbocycles. The van der Waals surface area contributed by atoms with Crippen molar-refractivity contribution in [1.82, 2.24) is 5.32 Å². The summed E-state index contributed by atoms with van der Waals surface area (Å²) in [5, 5.41) is 3.33. The highest BCUT2D eigenvalue weighted by molar-refractivity contribution is 7.98. The number of benzene rings is 2. The summed E-state index contributed by atoms with van der Waals surface area (Å²) in [6.45, 7) is 5.66. The molecule has 0 bridgehead atoms. The van der Waals surface area contributed by atoms with Crippen LogP contribution < -0.4 is 10.1 Å². The van der Waals surface area contributed by atoms with Gasteiger partial charge in [-0.1, -0.05) is 24.3 Å². The van der Waals surface area contributed by atoms with Gasteiger partial charge in [0, 0.05) is 33.7 Å². The van der Waals surface area contributed by atoms with Gasteiger partial charge in [-0.05, 0) is 68.8 Å². The highest BCUT2D eigenvalue weighted by Gasteiger charge is 2.49. The fraction of sp³-hybridized carbons (Fsp3) is 0.367. The lowest BCUT2D eigenvalue weighted by molar-refractivity contribution is -0.152. The molecule has 200 valence electrons. The van der Waals surface area contributed by atoms with E-state index >= 15 is 0 Å². The number of Topliss-reactive ketones (excluding diaryl/α,β-unsaturated/α-hetero) is 1. The summed E-state index contributed by atoms with van der Waals surface area (Å²) in [4.78, 5) is 41.9. The summed E-state index contributed by atoms with van der Waals surface area (Å²) in [6.07, 6.45) is 2.39. The number of esters is 2. The van der Waals surface area contributed by atoms with Crippen LogP contribution in [0.1, 0.15) is 50.2 Å². The van der Waals surface area contributed by atoms with E-state index < -0.39 is 29.7 Å². The summed E-state index contributed by atoms with van der Waals surface area (Å²) >= 11 is 1.61. The first kappa shape index (κ1) is 27.5. The number of methoxy groups -OCH3 is 1. The van der Waals surface area contributed by atoms with E-state index in [9.17, 15) is 14.4 Å². The zero-order valence-electron chi connectivity index (χ0n) is 22.3. The predicted molar refractivity (Wildman–Crippen MR) is 146 cm³/mol. The molecular formula is C30H33NO6S. The Bertz CT molecular complexity index is 1280. The fourth-order valence-electron chi connectivity index (χ4n) is 5.31. The Labute approximate surface area is 227 Å². The van der Waals surface area contributed by atoms with Crippen LogP contribution in [0.25, 0.3) is 0 Å². The van der Waals surface area contributed by atoms with Crippen molar-refractivity contribution in [3.63, 3.8) is 0 Å². The minimum atomic E-state index is -1.04. The zero-order chi connectivity index (χ0) is 27.4. The van der Waals surface area contributed by atoms with Gasteiger partial charge in [0.1, 0.15) is 11.7 Å². The summed E-state index contributed by atoms with van der Waals surface area (Å²) in [7, 11) is 1.59. The van der Waals surface area contributed by atoms with E-state index in [-0.39, 0.29) is 19.0 Å². The molecule has 1 N–H and O–H groups in total. The van der Waals surface area contributed by atoms with Crippen molar-refractivity contribution >= 4 is 29.5 Å². The molecule has 1 aliphatic carbocycles. The average Bonchev–Trinajstić information content (AvgIpc) is 2.92. The molecule has 0 saturated carbocycles. The zero-order valence-corrected chi connectivity index (χ0v) is 23.1. The molecule has 0 radical (unpaired) electrons. The van der Waals surface area contributed by atoms with Gasteiger partial charge in [-0.15, -0.1) is 11.8 Å². The minimum absolute atomic E-state index is 0.161.